The first-order valence-electron chi connectivity index (χ1n) is 4.13. The highest BCUT2D eigenvalue weighted by molar-refractivity contribution is 4.64. The number of methoxy groups -OCH3 is 1. The van der Waals surface area contributed by atoms with Gasteiger partial charge >= 0.3 is 0 Å². The molecule has 0 bridgehead atoms. The van der Waals surface area contributed by atoms with Crippen LogP contribution < -0.4 is 0 Å². The Balaban J connectivity index is 3.38. The minimum absolute atomic E-state index is 0.292. The number of rotatable bonds is 4. The number of ether oxygens (including phenoxy) is 1. The van der Waals surface area contributed by atoms with Gasteiger partial charge in [-0.1, -0.05) is 20.8 Å². The molecular formula is C9H20O2. The molecule has 0 radical (unpaired) electrons. The maximum Gasteiger partial charge on any atom is 0.0773 e. The molecule has 0 saturated heterocycles. The van der Waals surface area contributed by atoms with Gasteiger partial charge in [0, 0.05) is 7.11 Å². The first-order chi connectivity index (χ1) is 4.95. The minimum Gasteiger partial charge on any atom is -0.391 e. The Morgan fingerprint density at radius 2 is 1.91 bits per heavy atom. The molecule has 0 spiro atoms. The van der Waals surface area contributed by atoms with E-state index in [0.29, 0.717) is 12.0 Å². The molecule has 0 aromatic heterocycles. The van der Waals surface area contributed by atoms with Crippen molar-refractivity contribution in [3.8, 4) is 0 Å². The molecule has 0 aliphatic carbocycles. The van der Waals surface area contributed by atoms with E-state index in [1.807, 2.05) is 0 Å². The van der Waals surface area contributed by atoms with E-state index in [1.165, 1.54) is 0 Å². The predicted molar refractivity (Wildman–Crippen MR) is 46.6 cm³/mol. The first kappa shape index (κ1) is 10.9. The van der Waals surface area contributed by atoms with Crippen LogP contribution in [0.1, 0.15) is 33.6 Å². The van der Waals surface area contributed by atoms with Crippen LogP contribution in [0.5, 0.6) is 0 Å². The Morgan fingerprint density at radius 1 is 1.36 bits per heavy atom. The quantitative estimate of drug-likeness (QED) is 0.679. The van der Waals surface area contributed by atoms with E-state index in [4.69, 9.17) is 4.74 Å². The second-order valence-electron chi connectivity index (χ2n) is 4.21. The van der Waals surface area contributed by atoms with Crippen molar-refractivity contribution in [2.24, 2.45) is 5.41 Å². The SMILES string of the molecule is COCC(O)CCC(C)(C)C. The molecule has 1 unspecified atom stereocenters. The van der Waals surface area contributed by atoms with E-state index in [1.54, 1.807) is 7.11 Å². The lowest BCUT2D eigenvalue weighted by molar-refractivity contribution is 0.0519. The molecule has 0 fully saturated rings. The summed E-state index contributed by atoms with van der Waals surface area (Å²) in [5, 5.41) is 9.29. The van der Waals surface area contributed by atoms with Crippen molar-refractivity contribution >= 4 is 0 Å². The molecule has 2 nitrogen and oxygen atoms in total. The second-order valence-corrected chi connectivity index (χ2v) is 4.21. The van der Waals surface area contributed by atoms with Crippen molar-refractivity contribution in [2.45, 2.75) is 39.7 Å². The summed E-state index contributed by atoms with van der Waals surface area (Å²) in [5.41, 5.74) is 0.314. The standard InChI is InChI=1S/C9H20O2/c1-9(2,3)6-5-8(10)7-11-4/h8,10H,5-7H2,1-4H3. The Morgan fingerprint density at radius 3 is 2.27 bits per heavy atom. The van der Waals surface area contributed by atoms with Crippen LogP contribution in [0.4, 0.5) is 0 Å². The van der Waals surface area contributed by atoms with Gasteiger partial charge in [0.05, 0.1) is 12.7 Å². The Kier molecular flexibility index (Phi) is 4.69. The largest absolute Gasteiger partial charge is 0.391 e. The average molecular weight is 160 g/mol. The molecule has 11 heavy (non-hydrogen) atoms. The van der Waals surface area contributed by atoms with Crippen LogP contribution >= 0.6 is 0 Å². The van der Waals surface area contributed by atoms with E-state index in [9.17, 15) is 5.11 Å². The Hall–Kier alpha value is -0.0800. The van der Waals surface area contributed by atoms with Crippen LogP contribution in [-0.4, -0.2) is 24.9 Å². The topological polar surface area (TPSA) is 29.5 Å². The summed E-state index contributed by atoms with van der Waals surface area (Å²) < 4.78 is 4.82. The summed E-state index contributed by atoms with van der Waals surface area (Å²) in [6, 6.07) is 0. The van der Waals surface area contributed by atoms with Crippen LogP contribution in [0.15, 0.2) is 0 Å². The lowest BCUT2D eigenvalue weighted by Crippen LogP contribution is -2.17. The number of hydrogen-bond donors (Lipinski definition) is 1. The third kappa shape index (κ3) is 7.82. The van der Waals surface area contributed by atoms with Crippen molar-refractivity contribution in [1.82, 2.24) is 0 Å². The van der Waals surface area contributed by atoms with E-state index in [0.717, 1.165) is 12.8 Å². The Bertz CT molecular complexity index is 94.2. The zero-order valence-corrected chi connectivity index (χ0v) is 8.05. The molecule has 68 valence electrons. The molecule has 0 aromatic rings. The van der Waals surface area contributed by atoms with Crippen molar-refractivity contribution < 1.29 is 9.84 Å². The van der Waals surface area contributed by atoms with Gasteiger partial charge in [0.2, 0.25) is 0 Å². The van der Waals surface area contributed by atoms with Crippen LogP contribution in [0, 0.1) is 5.41 Å². The highest BCUT2D eigenvalue weighted by Crippen LogP contribution is 2.21. The fourth-order valence-corrected chi connectivity index (χ4v) is 0.875. The van der Waals surface area contributed by atoms with Gasteiger partial charge in [0.25, 0.3) is 0 Å². The van der Waals surface area contributed by atoms with Crippen LogP contribution in [0.2, 0.25) is 0 Å². The molecule has 1 atom stereocenters. The second kappa shape index (κ2) is 4.73. The smallest absolute Gasteiger partial charge is 0.0773 e. The van der Waals surface area contributed by atoms with E-state index in [2.05, 4.69) is 20.8 Å². The molecule has 0 aromatic carbocycles. The zero-order chi connectivity index (χ0) is 8.91. The fourth-order valence-electron chi connectivity index (χ4n) is 0.875. The molecule has 0 aliphatic rings. The summed E-state index contributed by atoms with van der Waals surface area (Å²) in [7, 11) is 1.61. The molecule has 0 saturated carbocycles. The summed E-state index contributed by atoms with van der Waals surface area (Å²) in [6.07, 6.45) is 1.58. The van der Waals surface area contributed by atoms with Gasteiger partial charge in [-0.15, -0.1) is 0 Å². The number of hydrogen-bond acceptors (Lipinski definition) is 2. The first-order valence-corrected chi connectivity index (χ1v) is 4.13. The molecule has 0 aliphatic heterocycles. The van der Waals surface area contributed by atoms with Gasteiger partial charge in [-0.3, -0.25) is 0 Å². The van der Waals surface area contributed by atoms with Crippen molar-refractivity contribution in [3.63, 3.8) is 0 Å². The van der Waals surface area contributed by atoms with E-state index >= 15 is 0 Å². The summed E-state index contributed by atoms with van der Waals surface area (Å²) in [5.74, 6) is 0. The van der Waals surface area contributed by atoms with E-state index < -0.39 is 0 Å². The zero-order valence-electron chi connectivity index (χ0n) is 8.05. The lowest BCUT2D eigenvalue weighted by Gasteiger charge is -2.19. The van der Waals surface area contributed by atoms with Crippen molar-refractivity contribution in [3.05, 3.63) is 0 Å². The highest BCUT2D eigenvalue weighted by Gasteiger charge is 2.12. The number of aliphatic hydroxyl groups excluding tert-OH is 1. The van der Waals surface area contributed by atoms with Crippen molar-refractivity contribution in [2.75, 3.05) is 13.7 Å². The molecule has 2 heteroatoms. The summed E-state index contributed by atoms with van der Waals surface area (Å²) in [6.45, 7) is 6.97. The third-order valence-corrected chi connectivity index (χ3v) is 1.59. The monoisotopic (exact) mass is 160 g/mol. The average Bonchev–Trinajstić information content (AvgIpc) is 1.83. The van der Waals surface area contributed by atoms with Gasteiger partial charge in [0.15, 0.2) is 0 Å². The van der Waals surface area contributed by atoms with Crippen molar-refractivity contribution in [1.29, 1.82) is 0 Å². The minimum atomic E-state index is -0.292. The molecule has 0 rings (SSSR count). The molecule has 0 heterocycles. The van der Waals surface area contributed by atoms with Gasteiger partial charge in [-0.25, -0.2) is 0 Å². The van der Waals surface area contributed by atoms with Crippen LogP contribution in [0.25, 0.3) is 0 Å². The van der Waals surface area contributed by atoms with Gasteiger partial charge in [0.1, 0.15) is 0 Å². The highest BCUT2D eigenvalue weighted by atomic mass is 16.5. The number of aliphatic hydroxyl groups is 1. The van der Waals surface area contributed by atoms with Crippen LogP contribution in [0.3, 0.4) is 0 Å². The fraction of sp³-hybridized carbons (Fsp3) is 1.00. The van der Waals surface area contributed by atoms with Gasteiger partial charge < -0.3 is 9.84 Å². The predicted octanol–water partition coefficient (Wildman–Crippen LogP) is 1.82. The normalized spacial score (nSPS) is 15.0. The molecule has 1 N–H and O–H groups in total. The van der Waals surface area contributed by atoms with E-state index in [-0.39, 0.29) is 6.10 Å². The third-order valence-electron chi connectivity index (χ3n) is 1.59. The van der Waals surface area contributed by atoms with Gasteiger partial charge in [-0.2, -0.15) is 0 Å². The Labute approximate surface area is 69.6 Å². The molecular weight excluding hydrogens is 140 g/mol. The lowest BCUT2D eigenvalue weighted by atomic mass is 9.89. The maximum atomic E-state index is 9.29. The van der Waals surface area contributed by atoms with Gasteiger partial charge in [-0.05, 0) is 18.3 Å². The summed E-state index contributed by atoms with van der Waals surface area (Å²) >= 11 is 0. The summed E-state index contributed by atoms with van der Waals surface area (Å²) in [4.78, 5) is 0. The maximum absolute atomic E-state index is 9.29. The molecule has 0 amide bonds. The van der Waals surface area contributed by atoms with Crippen LogP contribution in [-0.2, 0) is 4.74 Å².